The number of carbonyl (C=O) groups is 1. The first-order valence-electron chi connectivity index (χ1n) is 12.0. The maximum atomic E-state index is 15.3. The van der Waals surface area contributed by atoms with Crippen LogP contribution in [-0.2, 0) is 11.8 Å². The first-order chi connectivity index (χ1) is 17.8. The van der Waals surface area contributed by atoms with Gasteiger partial charge in [-0.25, -0.2) is 18.4 Å². The molecular weight excluding hydrogens is 478 g/mol. The summed E-state index contributed by atoms with van der Waals surface area (Å²) in [5, 5.41) is 19.1. The van der Waals surface area contributed by atoms with Crippen LogP contribution in [0.25, 0.3) is 38.8 Å². The molecule has 8 nitrogen and oxygen atoms in total. The fourth-order valence-electron chi connectivity index (χ4n) is 5.32. The Hall–Kier alpha value is -4.34. The molecule has 0 unspecified atom stereocenters. The van der Waals surface area contributed by atoms with Crippen LogP contribution in [0.5, 0.6) is 0 Å². The van der Waals surface area contributed by atoms with Gasteiger partial charge in [-0.3, -0.25) is 9.48 Å². The lowest BCUT2D eigenvalue weighted by Crippen LogP contribution is -2.21. The predicted octanol–water partition coefficient (Wildman–Crippen LogP) is 4.86. The van der Waals surface area contributed by atoms with Gasteiger partial charge in [0, 0.05) is 55.2 Å². The number of carboxylic acids is 1. The normalized spacial score (nSPS) is 15.8. The van der Waals surface area contributed by atoms with Gasteiger partial charge < -0.3 is 10.0 Å². The Kier molecular flexibility index (Phi) is 5.40. The molecule has 0 amide bonds. The number of pyridine rings is 1. The summed E-state index contributed by atoms with van der Waals surface area (Å²) in [5.41, 5.74) is 3.13. The van der Waals surface area contributed by atoms with Gasteiger partial charge in [0.2, 0.25) is 0 Å². The molecule has 188 valence electrons. The van der Waals surface area contributed by atoms with Crippen molar-refractivity contribution in [1.29, 1.82) is 0 Å². The molecule has 1 fully saturated rings. The second-order valence-corrected chi connectivity index (χ2v) is 9.58. The van der Waals surface area contributed by atoms with Crippen molar-refractivity contribution in [3.8, 4) is 16.9 Å². The number of carboxylic acid groups (broad SMARTS) is 1. The van der Waals surface area contributed by atoms with Gasteiger partial charge in [-0.2, -0.15) is 10.2 Å². The van der Waals surface area contributed by atoms with E-state index in [9.17, 15) is 9.18 Å². The minimum Gasteiger partial charge on any atom is -0.481 e. The number of benzene rings is 2. The van der Waals surface area contributed by atoms with E-state index >= 15 is 4.39 Å². The number of aromatic nitrogens is 5. The van der Waals surface area contributed by atoms with Crippen LogP contribution >= 0.6 is 0 Å². The van der Waals surface area contributed by atoms with E-state index in [-0.39, 0.29) is 23.4 Å². The summed E-state index contributed by atoms with van der Waals surface area (Å²) >= 11 is 0. The number of aryl methyl sites for hydroxylation is 2. The third kappa shape index (κ3) is 3.89. The van der Waals surface area contributed by atoms with Gasteiger partial charge in [0.05, 0.1) is 17.4 Å². The summed E-state index contributed by atoms with van der Waals surface area (Å²) < 4.78 is 32.9. The number of hydrogen-bond donors (Lipinski definition) is 1. The molecule has 1 atom stereocenters. The monoisotopic (exact) mass is 502 g/mol. The number of halogens is 2. The average molecular weight is 503 g/mol. The number of fused-ring (bicyclic) bond motifs is 2. The molecule has 3 aromatic heterocycles. The van der Waals surface area contributed by atoms with Crippen molar-refractivity contribution in [2.75, 3.05) is 18.0 Å². The fourth-order valence-corrected chi connectivity index (χ4v) is 5.32. The van der Waals surface area contributed by atoms with Crippen LogP contribution in [0.2, 0.25) is 0 Å². The quantitative estimate of drug-likeness (QED) is 0.369. The minimum absolute atomic E-state index is 0.0899. The molecule has 0 radical (unpaired) electrons. The first kappa shape index (κ1) is 23.1. The largest absolute Gasteiger partial charge is 0.481 e. The van der Waals surface area contributed by atoms with Crippen LogP contribution in [0.4, 0.5) is 14.6 Å². The summed E-state index contributed by atoms with van der Waals surface area (Å²) in [6.45, 7) is 3.36. The minimum atomic E-state index is -0.784. The molecule has 10 heteroatoms. The molecule has 0 saturated carbocycles. The molecule has 2 aromatic carbocycles. The number of aliphatic carboxylic acids is 1. The van der Waals surface area contributed by atoms with Crippen LogP contribution in [0.3, 0.4) is 0 Å². The Bertz CT molecular complexity index is 1670. The van der Waals surface area contributed by atoms with Gasteiger partial charge in [-0.15, -0.1) is 0 Å². The summed E-state index contributed by atoms with van der Waals surface area (Å²) in [6.07, 6.45) is 4.28. The smallest absolute Gasteiger partial charge is 0.303 e. The maximum Gasteiger partial charge on any atom is 0.303 e. The van der Waals surface area contributed by atoms with E-state index in [4.69, 9.17) is 10.2 Å². The molecule has 37 heavy (non-hydrogen) atoms. The summed E-state index contributed by atoms with van der Waals surface area (Å²) in [4.78, 5) is 17.8. The van der Waals surface area contributed by atoms with Crippen LogP contribution in [0.1, 0.15) is 18.4 Å². The van der Waals surface area contributed by atoms with Gasteiger partial charge in [0.15, 0.2) is 5.82 Å². The number of nitrogens with zero attached hydrogens (tertiary/aromatic N) is 6. The molecule has 5 aromatic rings. The van der Waals surface area contributed by atoms with Crippen molar-refractivity contribution in [2.24, 2.45) is 13.0 Å². The average Bonchev–Trinajstić information content (AvgIpc) is 3.57. The van der Waals surface area contributed by atoms with Gasteiger partial charge >= 0.3 is 5.97 Å². The molecule has 0 bridgehead atoms. The molecule has 1 aliphatic heterocycles. The van der Waals surface area contributed by atoms with Crippen molar-refractivity contribution >= 4 is 33.6 Å². The Morgan fingerprint density at radius 3 is 2.73 bits per heavy atom. The maximum absolute atomic E-state index is 15.3. The third-order valence-corrected chi connectivity index (χ3v) is 7.01. The second kappa shape index (κ2) is 8.65. The number of para-hydroxylation sites is 1. The van der Waals surface area contributed by atoms with Crippen LogP contribution < -0.4 is 4.90 Å². The summed E-state index contributed by atoms with van der Waals surface area (Å²) in [6, 6.07) is 10.4. The highest BCUT2D eigenvalue weighted by molar-refractivity contribution is 6.04. The zero-order valence-electron chi connectivity index (χ0n) is 20.3. The Labute approximate surface area is 210 Å². The number of rotatable bonds is 5. The van der Waals surface area contributed by atoms with Crippen LogP contribution in [0.15, 0.2) is 48.8 Å². The van der Waals surface area contributed by atoms with E-state index in [1.165, 1.54) is 4.68 Å². The lowest BCUT2D eigenvalue weighted by atomic mass is 10.0. The molecule has 0 aliphatic carbocycles. The molecule has 0 spiro atoms. The van der Waals surface area contributed by atoms with Crippen molar-refractivity contribution < 1.29 is 18.7 Å². The highest BCUT2D eigenvalue weighted by atomic mass is 19.1. The molecule has 1 saturated heterocycles. The van der Waals surface area contributed by atoms with Gasteiger partial charge in [0.25, 0.3) is 0 Å². The highest BCUT2D eigenvalue weighted by Crippen LogP contribution is 2.38. The highest BCUT2D eigenvalue weighted by Gasteiger charge is 2.26. The molecule has 1 N–H and O–H groups in total. The first-order valence-corrected chi connectivity index (χ1v) is 12.0. The van der Waals surface area contributed by atoms with Gasteiger partial charge in [0.1, 0.15) is 22.8 Å². The summed E-state index contributed by atoms with van der Waals surface area (Å²) in [5.74, 6) is -1.33. The van der Waals surface area contributed by atoms with Crippen LogP contribution in [0, 0.1) is 24.5 Å². The third-order valence-electron chi connectivity index (χ3n) is 7.01. The molecule has 4 heterocycles. The zero-order valence-corrected chi connectivity index (χ0v) is 20.3. The van der Waals surface area contributed by atoms with Gasteiger partial charge in [-0.05, 0) is 37.0 Å². The van der Waals surface area contributed by atoms with E-state index < -0.39 is 17.6 Å². The predicted molar refractivity (Wildman–Crippen MR) is 136 cm³/mol. The SMILES string of the molecule is Cc1cccc2c(-c3c(F)cc(F)c4nn(C)cc34)nn(-c3ccc(N4CC[C@@H](CC(=O)O)C4)nc3)c12. The van der Waals surface area contributed by atoms with E-state index in [1.807, 2.05) is 37.3 Å². The number of anilines is 1. The fraction of sp³-hybridized carbons (Fsp3) is 0.259. The Morgan fingerprint density at radius 2 is 1.97 bits per heavy atom. The zero-order chi connectivity index (χ0) is 25.8. The molecule has 6 rings (SSSR count). The lowest BCUT2D eigenvalue weighted by molar-refractivity contribution is -0.137. The molecular formula is C27H24F2N6O2. The van der Waals surface area contributed by atoms with Crippen LogP contribution in [-0.4, -0.2) is 48.7 Å². The van der Waals surface area contributed by atoms with Gasteiger partial charge in [-0.1, -0.05) is 18.2 Å². The van der Waals surface area contributed by atoms with Crippen molar-refractivity contribution in [2.45, 2.75) is 19.8 Å². The van der Waals surface area contributed by atoms with E-state index in [2.05, 4.69) is 15.0 Å². The topological polar surface area (TPSA) is 89.1 Å². The Balaban J connectivity index is 1.45. The second-order valence-electron chi connectivity index (χ2n) is 9.58. The van der Waals surface area contributed by atoms with Crippen molar-refractivity contribution in [3.05, 3.63) is 66.0 Å². The lowest BCUT2D eigenvalue weighted by Gasteiger charge is -2.17. The Morgan fingerprint density at radius 1 is 1.14 bits per heavy atom. The van der Waals surface area contributed by atoms with E-state index in [1.54, 1.807) is 24.1 Å². The van der Waals surface area contributed by atoms with E-state index in [0.29, 0.717) is 23.3 Å². The summed E-state index contributed by atoms with van der Waals surface area (Å²) in [7, 11) is 1.67. The van der Waals surface area contributed by atoms with Crippen molar-refractivity contribution in [3.63, 3.8) is 0 Å². The standard InChI is InChI=1S/C27H24F2N6O2/c1-15-4-3-5-18-26(24-19-14-33(2)31-25(19)21(29)11-20(24)28)32-35(27(15)18)17-6-7-22(30-12-17)34-9-8-16(13-34)10-23(36)37/h3-7,11-12,14,16H,8-10,13H2,1-2H3,(H,36,37)/t16-/m0/s1. The van der Waals surface area contributed by atoms with Crippen molar-refractivity contribution in [1.82, 2.24) is 24.5 Å². The number of hydrogen-bond acceptors (Lipinski definition) is 5. The molecule has 1 aliphatic rings. The van der Waals surface area contributed by atoms with E-state index in [0.717, 1.165) is 41.3 Å².